The topological polar surface area (TPSA) is 108 Å². The van der Waals surface area contributed by atoms with E-state index >= 15 is 0 Å². The third kappa shape index (κ3) is 5.42. The number of esters is 1. The summed E-state index contributed by atoms with van der Waals surface area (Å²) in [5.74, 6) is -3.32. The molecule has 0 spiro atoms. The van der Waals surface area contributed by atoms with Crippen molar-refractivity contribution in [3.05, 3.63) is 59.4 Å². The van der Waals surface area contributed by atoms with Crippen LogP contribution in [0.15, 0.2) is 53.9 Å². The second-order valence-electron chi connectivity index (χ2n) is 5.40. The lowest BCUT2D eigenvalue weighted by molar-refractivity contribution is -0.157. The van der Waals surface area contributed by atoms with Crippen molar-refractivity contribution in [1.82, 2.24) is 10.3 Å². The van der Waals surface area contributed by atoms with Crippen molar-refractivity contribution < 1.29 is 24.2 Å². The molecule has 0 saturated carbocycles. The molecule has 0 aliphatic carbocycles. The van der Waals surface area contributed by atoms with Gasteiger partial charge >= 0.3 is 11.9 Å². The number of carbonyl (C=O) groups is 3. The number of nitrogens with zero attached hydrogens (tertiary/aromatic N) is 2. The summed E-state index contributed by atoms with van der Waals surface area (Å²) in [6, 6.07) is 5.51. The molecular formula is C18H18ClN3O5. The van der Waals surface area contributed by atoms with E-state index in [-0.39, 0.29) is 6.61 Å². The maximum absolute atomic E-state index is 12.1. The highest BCUT2D eigenvalue weighted by Gasteiger charge is 2.33. The zero-order chi connectivity index (χ0) is 19.8. The minimum atomic E-state index is -1.51. The summed E-state index contributed by atoms with van der Waals surface area (Å²) in [7, 11) is 0. The monoisotopic (exact) mass is 391 g/mol. The predicted octanol–water partition coefficient (Wildman–Crippen LogP) is 1.77. The number of carboxylic acid groups (broad SMARTS) is 1. The van der Waals surface area contributed by atoms with E-state index in [1.165, 1.54) is 30.8 Å². The van der Waals surface area contributed by atoms with Crippen LogP contribution in [0.5, 0.6) is 0 Å². The van der Waals surface area contributed by atoms with Gasteiger partial charge in [0.2, 0.25) is 6.04 Å². The number of benzene rings is 1. The fourth-order valence-corrected chi connectivity index (χ4v) is 2.42. The molecule has 0 fully saturated rings. The Morgan fingerprint density at radius 3 is 2.59 bits per heavy atom. The molecule has 8 nitrogen and oxygen atoms in total. The number of halogens is 1. The molecule has 9 heteroatoms. The summed E-state index contributed by atoms with van der Waals surface area (Å²) in [6.45, 7) is 1.65. The van der Waals surface area contributed by atoms with Crippen molar-refractivity contribution in [2.75, 3.05) is 6.61 Å². The first-order valence-electron chi connectivity index (χ1n) is 8.05. The zero-order valence-corrected chi connectivity index (χ0v) is 15.2. The van der Waals surface area contributed by atoms with Crippen LogP contribution in [0.25, 0.3) is 0 Å². The van der Waals surface area contributed by atoms with Crippen molar-refractivity contribution in [3.63, 3.8) is 0 Å². The van der Waals surface area contributed by atoms with Gasteiger partial charge in [0, 0.05) is 23.0 Å². The predicted molar refractivity (Wildman–Crippen MR) is 98.9 cm³/mol. The van der Waals surface area contributed by atoms with E-state index in [9.17, 15) is 19.5 Å². The third-order valence-electron chi connectivity index (χ3n) is 3.56. The molecule has 0 saturated heterocycles. The van der Waals surface area contributed by atoms with Gasteiger partial charge in [-0.05, 0) is 13.0 Å². The second kappa shape index (κ2) is 9.54. The average Bonchev–Trinajstić information content (AvgIpc) is 2.64. The van der Waals surface area contributed by atoms with E-state index in [4.69, 9.17) is 16.3 Å². The maximum atomic E-state index is 12.1. The van der Waals surface area contributed by atoms with Crippen LogP contribution in [-0.4, -0.2) is 46.7 Å². The van der Waals surface area contributed by atoms with E-state index < -0.39 is 29.8 Å². The van der Waals surface area contributed by atoms with Crippen LogP contribution in [-0.2, 0) is 19.1 Å². The number of aliphatic carboxylic acids is 1. The number of hydrogen-bond donors (Lipinski definition) is 2. The summed E-state index contributed by atoms with van der Waals surface area (Å²) >= 11 is 5.99. The molecule has 0 aromatic heterocycles. The molecule has 1 aromatic carbocycles. The number of carboxylic acids is 1. The number of hydrazone groups is 1. The van der Waals surface area contributed by atoms with Crippen molar-refractivity contribution in [1.29, 1.82) is 0 Å². The highest BCUT2D eigenvalue weighted by atomic mass is 35.5. The Hall–Kier alpha value is -3.13. The molecule has 1 atom stereocenters. The van der Waals surface area contributed by atoms with Gasteiger partial charge in [-0.2, -0.15) is 5.10 Å². The molecule has 1 unspecified atom stereocenters. The van der Waals surface area contributed by atoms with Gasteiger partial charge in [0.15, 0.2) is 0 Å². The normalized spacial score (nSPS) is 15.0. The van der Waals surface area contributed by atoms with Crippen LogP contribution in [0.2, 0.25) is 5.02 Å². The van der Waals surface area contributed by atoms with Crippen LogP contribution in [0.3, 0.4) is 0 Å². The summed E-state index contributed by atoms with van der Waals surface area (Å²) < 4.78 is 4.76. The number of nitrogens with one attached hydrogen (secondary N) is 1. The largest absolute Gasteiger partial charge is 0.479 e. The molecule has 1 aliphatic rings. The molecule has 1 heterocycles. The minimum absolute atomic E-state index is 0.0678. The van der Waals surface area contributed by atoms with Crippen LogP contribution in [0.1, 0.15) is 12.5 Å². The van der Waals surface area contributed by atoms with Crippen molar-refractivity contribution in [3.8, 4) is 0 Å². The molecule has 2 N–H and O–H groups in total. The van der Waals surface area contributed by atoms with Gasteiger partial charge in [-0.25, -0.2) is 15.0 Å². The standard InChI is InChI=1S/C18H18ClN3O5/c1-2-27-18(26)15(17(24)25)22-9-7-12(8-10-22)16(23)21-20-11-13-5-3-4-6-14(13)19/h3-12,15H,2H2,1H3,(H,21,23)(H,24,25)/b20-11+. The lowest BCUT2D eigenvalue weighted by atomic mass is 10.1. The Morgan fingerprint density at radius 2 is 2.00 bits per heavy atom. The summed E-state index contributed by atoms with van der Waals surface area (Å²) in [4.78, 5) is 36.4. The van der Waals surface area contributed by atoms with Crippen molar-refractivity contribution in [2.45, 2.75) is 13.0 Å². The highest BCUT2D eigenvalue weighted by Crippen LogP contribution is 2.15. The average molecular weight is 392 g/mol. The maximum Gasteiger partial charge on any atom is 0.340 e. The first-order valence-corrected chi connectivity index (χ1v) is 8.42. The van der Waals surface area contributed by atoms with Crippen molar-refractivity contribution >= 4 is 35.7 Å². The van der Waals surface area contributed by atoms with Gasteiger partial charge in [-0.15, -0.1) is 0 Å². The number of ether oxygens (including phenoxy) is 1. The molecule has 0 radical (unpaired) electrons. The Bertz CT molecular complexity index is 792. The summed E-state index contributed by atoms with van der Waals surface area (Å²) in [5, 5.41) is 13.6. The Balaban J connectivity index is 1.96. The third-order valence-corrected chi connectivity index (χ3v) is 3.90. The first kappa shape index (κ1) is 20.2. The number of rotatable bonds is 7. The Kier molecular flexibility index (Phi) is 7.13. The van der Waals surface area contributed by atoms with E-state index in [0.717, 1.165) is 4.90 Å². The van der Waals surface area contributed by atoms with Crippen molar-refractivity contribution in [2.24, 2.45) is 11.0 Å². The van der Waals surface area contributed by atoms with Gasteiger partial charge in [0.05, 0.1) is 18.7 Å². The Labute approximate surface area is 160 Å². The van der Waals surface area contributed by atoms with Gasteiger partial charge in [-0.3, -0.25) is 4.79 Å². The van der Waals surface area contributed by atoms with Crippen LogP contribution >= 0.6 is 11.6 Å². The van der Waals surface area contributed by atoms with Crippen LogP contribution in [0.4, 0.5) is 0 Å². The van der Waals surface area contributed by atoms with E-state index in [1.54, 1.807) is 31.2 Å². The van der Waals surface area contributed by atoms with Crippen LogP contribution < -0.4 is 5.43 Å². The summed E-state index contributed by atoms with van der Waals surface area (Å²) in [5.41, 5.74) is 3.03. The quantitative estimate of drug-likeness (QED) is 0.317. The lowest BCUT2D eigenvalue weighted by Gasteiger charge is -2.25. The fraction of sp³-hybridized carbons (Fsp3) is 0.222. The number of amides is 1. The molecular weight excluding hydrogens is 374 g/mol. The molecule has 1 aromatic rings. The smallest absolute Gasteiger partial charge is 0.340 e. The fourth-order valence-electron chi connectivity index (χ4n) is 2.24. The molecule has 0 bridgehead atoms. The van der Waals surface area contributed by atoms with Crippen LogP contribution in [0, 0.1) is 5.92 Å². The molecule has 142 valence electrons. The minimum Gasteiger partial charge on any atom is -0.479 e. The molecule has 2 rings (SSSR count). The molecule has 27 heavy (non-hydrogen) atoms. The van der Waals surface area contributed by atoms with Gasteiger partial charge in [0.1, 0.15) is 0 Å². The highest BCUT2D eigenvalue weighted by molar-refractivity contribution is 6.33. The van der Waals surface area contributed by atoms with E-state index in [0.29, 0.717) is 10.6 Å². The number of hydrogen-bond acceptors (Lipinski definition) is 6. The zero-order valence-electron chi connectivity index (χ0n) is 14.4. The molecule has 1 aliphatic heterocycles. The number of carbonyl (C=O) groups excluding carboxylic acids is 2. The summed E-state index contributed by atoms with van der Waals surface area (Å²) in [6.07, 6.45) is 7.02. The second-order valence-corrected chi connectivity index (χ2v) is 5.81. The Morgan fingerprint density at radius 1 is 1.33 bits per heavy atom. The SMILES string of the molecule is CCOC(=O)C(C(=O)O)N1C=CC(C(=O)N/N=C/c2ccccc2Cl)C=C1. The van der Waals surface area contributed by atoms with Gasteiger partial charge in [-0.1, -0.05) is 42.0 Å². The van der Waals surface area contributed by atoms with E-state index in [1.807, 2.05) is 0 Å². The molecule has 1 amide bonds. The lowest BCUT2D eigenvalue weighted by Crippen LogP contribution is -2.43. The first-order chi connectivity index (χ1) is 12.9. The van der Waals surface area contributed by atoms with E-state index in [2.05, 4.69) is 10.5 Å². The van der Waals surface area contributed by atoms with Gasteiger partial charge in [0.25, 0.3) is 5.91 Å². The van der Waals surface area contributed by atoms with Gasteiger partial charge < -0.3 is 14.7 Å².